The summed E-state index contributed by atoms with van der Waals surface area (Å²) in [7, 11) is 0. The molecule has 1 saturated carbocycles. The molecule has 4 aromatic rings. The van der Waals surface area contributed by atoms with E-state index in [4.69, 9.17) is 50.3 Å². The van der Waals surface area contributed by atoms with Crippen LogP contribution in [0, 0.1) is 11.3 Å². The number of aliphatic imine (C=N–C) groups is 1. The molecule has 2 aromatic heterocycles. The number of hydrogen-bond acceptors (Lipinski definition) is 7. The molecule has 3 N–H and O–H groups in total. The number of alkyl halides is 2. The number of benzene rings is 2. The van der Waals surface area contributed by atoms with Crippen LogP contribution in [0.5, 0.6) is 0 Å². The number of nitrogens with two attached hydrogens (primary N) is 1. The van der Waals surface area contributed by atoms with Gasteiger partial charge in [-0.2, -0.15) is 13.9 Å². The van der Waals surface area contributed by atoms with Crippen LogP contribution in [0.15, 0.2) is 59.9 Å². The maximum absolute atomic E-state index is 14.9. The number of ether oxygens (including phenoxy) is 1. The van der Waals surface area contributed by atoms with E-state index < -0.39 is 29.5 Å². The monoisotopic (exact) mass is 731 g/mol. The lowest BCUT2D eigenvalue weighted by atomic mass is 9.75. The second kappa shape index (κ2) is 13.4. The molecule has 0 radical (unpaired) electrons. The quantitative estimate of drug-likeness (QED) is 0.150. The van der Waals surface area contributed by atoms with Crippen LogP contribution in [0.2, 0.25) is 15.3 Å². The van der Waals surface area contributed by atoms with Crippen molar-refractivity contribution in [2.24, 2.45) is 22.1 Å². The van der Waals surface area contributed by atoms with E-state index >= 15 is 0 Å². The van der Waals surface area contributed by atoms with Crippen molar-refractivity contribution in [3.8, 4) is 22.5 Å². The number of halogens is 5. The number of carbonyl (C=O) groups is 2. The van der Waals surface area contributed by atoms with Gasteiger partial charge in [-0.15, -0.1) is 0 Å². The Morgan fingerprint density at radius 3 is 2.43 bits per heavy atom. The predicted octanol–water partition coefficient (Wildman–Crippen LogP) is 8.17. The van der Waals surface area contributed by atoms with E-state index in [-0.39, 0.29) is 41.7 Å². The number of carbonyl (C=O) groups excluding carboxylic acids is 2. The second-order valence-electron chi connectivity index (χ2n) is 13.6. The van der Waals surface area contributed by atoms with Gasteiger partial charge in [0.2, 0.25) is 0 Å². The summed E-state index contributed by atoms with van der Waals surface area (Å²) in [4.78, 5) is 41.1. The molecule has 0 saturated heterocycles. The fourth-order valence-electron chi connectivity index (χ4n) is 6.10. The van der Waals surface area contributed by atoms with E-state index in [1.807, 2.05) is 20.8 Å². The van der Waals surface area contributed by atoms with Crippen LogP contribution in [0.4, 0.5) is 8.78 Å². The highest BCUT2D eigenvalue weighted by molar-refractivity contribution is 6.40. The Labute approximate surface area is 296 Å². The number of nitrogens with one attached hydrogen (secondary N) is 1. The van der Waals surface area contributed by atoms with Crippen LogP contribution in [0.3, 0.4) is 0 Å². The lowest BCUT2D eigenvalue weighted by Gasteiger charge is -2.35. The predicted molar refractivity (Wildman–Crippen MR) is 183 cm³/mol. The minimum absolute atomic E-state index is 0.0552. The third-order valence-corrected chi connectivity index (χ3v) is 9.50. The summed E-state index contributed by atoms with van der Waals surface area (Å²) in [5.74, 6) is -0.238. The van der Waals surface area contributed by atoms with Crippen molar-refractivity contribution in [3.63, 3.8) is 0 Å². The molecule has 1 fully saturated rings. The summed E-state index contributed by atoms with van der Waals surface area (Å²) >= 11 is 18.8. The third kappa shape index (κ3) is 7.32. The van der Waals surface area contributed by atoms with E-state index in [2.05, 4.69) is 15.1 Å². The summed E-state index contributed by atoms with van der Waals surface area (Å²) in [5.41, 5.74) is 7.49. The van der Waals surface area contributed by atoms with Gasteiger partial charge in [0.1, 0.15) is 17.6 Å². The third-order valence-electron chi connectivity index (χ3n) is 8.52. The highest BCUT2D eigenvalue weighted by Crippen LogP contribution is 2.46. The second-order valence-corrected chi connectivity index (χ2v) is 14.7. The minimum Gasteiger partial charge on any atom is -0.463 e. The van der Waals surface area contributed by atoms with E-state index in [0.717, 1.165) is 12.8 Å². The Hall–Kier alpha value is -4.00. The standard InChI is InChI=1S/C34H34Cl3F2N7O3/c1-33(2,3)17-34(22-9-6-19(7-10-22)21-14-41-45(15-21)31(38)39)30(48)46(32(40)44-34)25(16-49-26(47)12-18-4-5-18)20-8-11-24(35)23(13-20)29-42-27(36)28(37)43-29/h6-11,13-15,18,25,31H,4-5,12,16-17H2,1-3H3,(H2,40,44)(H,42,43)/t25-,34-/m1/s1. The molecule has 49 heavy (non-hydrogen) atoms. The highest BCUT2D eigenvalue weighted by atomic mass is 35.5. The van der Waals surface area contributed by atoms with Gasteiger partial charge in [0.15, 0.2) is 16.7 Å². The molecule has 258 valence electrons. The Morgan fingerprint density at radius 1 is 1.12 bits per heavy atom. The number of guanidine groups is 1. The van der Waals surface area contributed by atoms with Crippen molar-refractivity contribution in [3.05, 3.63) is 81.3 Å². The molecule has 3 heterocycles. The molecule has 0 spiro atoms. The fraction of sp³-hybridized carbons (Fsp3) is 0.382. The molecule has 2 aromatic carbocycles. The zero-order chi connectivity index (χ0) is 35.2. The van der Waals surface area contributed by atoms with Crippen molar-refractivity contribution in [2.45, 2.75) is 64.6 Å². The molecule has 2 aliphatic rings. The van der Waals surface area contributed by atoms with Gasteiger partial charge in [-0.25, -0.2) is 14.7 Å². The average molecular weight is 733 g/mol. The molecule has 15 heteroatoms. The van der Waals surface area contributed by atoms with Crippen molar-refractivity contribution >= 4 is 52.6 Å². The smallest absolute Gasteiger partial charge is 0.333 e. The van der Waals surface area contributed by atoms with Crippen LogP contribution in [0.1, 0.15) is 70.2 Å². The molecular formula is C34H34Cl3F2N7O3. The first-order valence-electron chi connectivity index (χ1n) is 15.6. The summed E-state index contributed by atoms with van der Waals surface area (Å²) in [6.45, 7) is 3.01. The van der Waals surface area contributed by atoms with Crippen LogP contribution in [-0.4, -0.2) is 49.1 Å². The molecule has 1 amide bonds. The molecule has 0 unspecified atom stereocenters. The van der Waals surface area contributed by atoms with Crippen LogP contribution in [-0.2, 0) is 19.9 Å². The lowest BCUT2D eigenvalue weighted by Crippen LogP contribution is -2.47. The maximum Gasteiger partial charge on any atom is 0.333 e. The first-order valence-corrected chi connectivity index (χ1v) is 16.8. The number of rotatable bonds is 11. The molecule has 6 rings (SSSR count). The van der Waals surface area contributed by atoms with Gasteiger partial charge < -0.3 is 15.5 Å². The van der Waals surface area contributed by atoms with Crippen LogP contribution < -0.4 is 5.73 Å². The number of hydrogen-bond donors (Lipinski definition) is 2. The molecule has 2 atom stereocenters. The summed E-state index contributed by atoms with van der Waals surface area (Å²) in [5, 5.41) is 4.26. The highest BCUT2D eigenvalue weighted by Gasteiger charge is 2.53. The molecular weight excluding hydrogens is 699 g/mol. The van der Waals surface area contributed by atoms with E-state index in [1.165, 1.54) is 17.3 Å². The number of aromatic nitrogens is 4. The number of aromatic amines is 1. The largest absolute Gasteiger partial charge is 0.463 e. The lowest BCUT2D eigenvalue weighted by molar-refractivity contribution is -0.148. The van der Waals surface area contributed by atoms with Gasteiger partial charge in [-0.1, -0.05) is 85.9 Å². The van der Waals surface area contributed by atoms with E-state index in [1.54, 1.807) is 42.5 Å². The minimum atomic E-state index is -2.77. The number of nitrogens with zero attached hydrogens (tertiary/aromatic N) is 5. The zero-order valence-corrected chi connectivity index (χ0v) is 29.2. The van der Waals surface area contributed by atoms with Crippen molar-refractivity contribution in [2.75, 3.05) is 6.61 Å². The SMILES string of the molecule is CC(C)(C)C[C@]1(c2ccc(-c3cnn(C(F)F)c3)cc2)N=C(N)N([C@H](COC(=O)CC2CC2)c2ccc(Cl)c(-c3nc(Cl)c(Cl)[nH]3)c2)C1=O. The molecule has 10 nitrogen and oxygen atoms in total. The fourth-order valence-corrected chi connectivity index (χ4v) is 6.58. The first kappa shape index (κ1) is 34.8. The summed E-state index contributed by atoms with van der Waals surface area (Å²) in [6, 6.07) is 11.1. The summed E-state index contributed by atoms with van der Waals surface area (Å²) in [6.07, 6.45) is 5.12. The van der Waals surface area contributed by atoms with Crippen LogP contribution >= 0.6 is 34.8 Å². The number of H-pyrrole nitrogens is 1. The van der Waals surface area contributed by atoms with Crippen molar-refractivity contribution in [1.82, 2.24) is 24.6 Å². The van der Waals surface area contributed by atoms with Gasteiger partial charge in [-0.3, -0.25) is 14.5 Å². The van der Waals surface area contributed by atoms with Crippen molar-refractivity contribution < 1.29 is 23.1 Å². The molecule has 0 bridgehead atoms. The van der Waals surface area contributed by atoms with Gasteiger partial charge in [0, 0.05) is 23.7 Å². The normalized spacial score (nSPS) is 18.7. The average Bonchev–Trinajstić information content (AvgIpc) is 3.48. The summed E-state index contributed by atoms with van der Waals surface area (Å²) < 4.78 is 32.7. The van der Waals surface area contributed by atoms with Gasteiger partial charge in [-0.05, 0) is 59.4 Å². The van der Waals surface area contributed by atoms with Gasteiger partial charge in [0.25, 0.3) is 5.91 Å². The maximum atomic E-state index is 14.9. The number of imidazole rings is 1. The van der Waals surface area contributed by atoms with Gasteiger partial charge >= 0.3 is 12.5 Å². The number of amides is 1. The number of esters is 1. The van der Waals surface area contributed by atoms with E-state index in [0.29, 0.717) is 49.3 Å². The zero-order valence-electron chi connectivity index (χ0n) is 26.9. The first-order chi connectivity index (χ1) is 23.1. The van der Waals surface area contributed by atoms with Crippen molar-refractivity contribution in [1.29, 1.82) is 0 Å². The Bertz CT molecular complexity index is 1900. The van der Waals surface area contributed by atoms with E-state index in [9.17, 15) is 18.4 Å². The molecule has 1 aliphatic carbocycles. The van der Waals surface area contributed by atoms with Gasteiger partial charge in [0.05, 0.1) is 17.3 Å². The Kier molecular flexibility index (Phi) is 9.51. The Balaban J connectivity index is 1.39. The topological polar surface area (TPSA) is 131 Å². The Morgan fingerprint density at radius 2 is 1.84 bits per heavy atom. The molecule has 1 aliphatic heterocycles. The van der Waals surface area contributed by atoms with Crippen LogP contribution in [0.25, 0.3) is 22.5 Å².